The molecule has 0 bridgehead atoms. The minimum atomic E-state index is -0.870. The monoisotopic (exact) mass is 280 g/mol. The van der Waals surface area contributed by atoms with Crippen molar-refractivity contribution in [2.75, 3.05) is 13.7 Å². The fraction of sp³-hybridized carbons (Fsp3) is 0.562. The van der Waals surface area contributed by atoms with Crippen molar-refractivity contribution in [1.82, 2.24) is 0 Å². The minimum Gasteiger partial charge on any atom is -0.466 e. The number of ether oxygens (including phenoxy) is 2. The van der Waals surface area contributed by atoms with E-state index in [0.717, 1.165) is 5.56 Å². The van der Waals surface area contributed by atoms with E-state index in [-0.39, 0.29) is 11.9 Å². The van der Waals surface area contributed by atoms with Crippen molar-refractivity contribution in [1.29, 1.82) is 0 Å². The molecule has 0 aliphatic rings. The van der Waals surface area contributed by atoms with Crippen LogP contribution in [-0.4, -0.2) is 24.8 Å². The summed E-state index contributed by atoms with van der Waals surface area (Å²) in [7, 11) is 1.62. The number of hydrogen-bond acceptors (Lipinski definition) is 4. The number of hydrogen-bond donors (Lipinski definition) is 1. The summed E-state index contributed by atoms with van der Waals surface area (Å²) in [5.41, 5.74) is 1.68. The lowest BCUT2D eigenvalue weighted by Gasteiger charge is -2.25. The Morgan fingerprint density at radius 3 is 2.60 bits per heavy atom. The number of aliphatic hydroxyl groups excluding tert-OH is 1. The molecule has 1 N–H and O–H groups in total. The quantitative estimate of drug-likeness (QED) is 0.780. The van der Waals surface area contributed by atoms with E-state index in [2.05, 4.69) is 0 Å². The van der Waals surface area contributed by atoms with E-state index >= 15 is 0 Å². The Morgan fingerprint density at radius 2 is 2.05 bits per heavy atom. The molecule has 1 aromatic rings. The van der Waals surface area contributed by atoms with Gasteiger partial charge in [0.2, 0.25) is 0 Å². The van der Waals surface area contributed by atoms with Gasteiger partial charge in [0.05, 0.1) is 25.2 Å². The molecule has 0 radical (unpaired) electrons. The van der Waals surface area contributed by atoms with Gasteiger partial charge in [-0.15, -0.1) is 0 Å². The first-order valence-corrected chi connectivity index (χ1v) is 6.93. The van der Waals surface area contributed by atoms with Crippen LogP contribution in [0, 0.1) is 11.8 Å². The smallest absolute Gasteiger partial charge is 0.312 e. The summed E-state index contributed by atoms with van der Waals surface area (Å²) in [5.74, 6) is -0.921. The number of esters is 1. The van der Waals surface area contributed by atoms with Crippen molar-refractivity contribution in [2.24, 2.45) is 11.8 Å². The Morgan fingerprint density at radius 1 is 1.35 bits per heavy atom. The van der Waals surface area contributed by atoms with Gasteiger partial charge in [0.15, 0.2) is 0 Å². The van der Waals surface area contributed by atoms with Crippen molar-refractivity contribution in [3.8, 4) is 0 Å². The Kier molecular flexibility index (Phi) is 6.68. The van der Waals surface area contributed by atoms with Crippen molar-refractivity contribution in [2.45, 2.75) is 33.5 Å². The molecule has 1 rings (SSSR count). The summed E-state index contributed by atoms with van der Waals surface area (Å²) in [5, 5.41) is 10.5. The van der Waals surface area contributed by atoms with Crippen molar-refractivity contribution in [3.63, 3.8) is 0 Å². The fourth-order valence-corrected chi connectivity index (χ4v) is 2.25. The summed E-state index contributed by atoms with van der Waals surface area (Å²) in [6, 6.07) is 7.46. The third-order valence-electron chi connectivity index (χ3n) is 3.22. The maximum Gasteiger partial charge on any atom is 0.312 e. The average Bonchev–Trinajstić information content (AvgIpc) is 2.39. The molecular weight excluding hydrogens is 256 g/mol. The van der Waals surface area contributed by atoms with Gasteiger partial charge in [-0.05, 0) is 24.0 Å². The van der Waals surface area contributed by atoms with Gasteiger partial charge in [0, 0.05) is 7.11 Å². The molecule has 112 valence electrons. The first-order valence-electron chi connectivity index (χ1n) is 6.93. The zero-order chi connectivity index (χ0) is 15.1. The Labute approximate surface area is 120 Å². The van der Waals surface area contributed by atoms with Crippen LogP contribution in [-0.2, 0) is 20.9 Å². The largest absolute Gasteiger partial charge is 0.466 e. The highest BCUT2D eigenvalue weighted by Gasteiger charge is 2.32. The summed E-state index contributed by atoms with van der Waals surface area (Å²) in [4.78, 5) is 12.0. The maximum absolute atomic E-state index is 12.0. The standard InChI is InChI=1S/C16H24O4/c1-5-20-16(18)14(11(2)3)15(17)13-8-6-7-12(9-13)10-19-4/h6-9,11,14-15,17H,5,10H2,1-4H3. The van der Waals surface area contributed by atoms with Crippen LogP contribution in [0.2, 0.25) is 0 Å². The van der Waals surface area contributed by atoms with Crippen LogP contribution in [0.15, 0.2) is 24.3 Å². The van der Waals surface area contributed by atoms with Gasteiger partial charge >= 0.3 is 5.97 Å². The third-order valence-corrected chi connectivity index (χ3v) is 3.22. The van der Waals surface area contributed by atoms with Crippen LogP contribution in [0.5, 0.6) is 0 Å². The Bertz CT molecular complexity index is 428. The third kappa shape index (κ3) is 4.32. The number of carbonyl (C=O) groups excluding carboxylic acids is 1. The second kappa shape index (κ2) is 8.02. The van der Waals surface area contributed by atoms with Crippen LogP contribution in [0.25, 0.3) is 0 Å². The van der Waals surface area contributed by atoms with Crippen molar-refractivity contribution >= 4 is 5.97 Å². The molecular formula is C16H24O4. The molecule has 0 amide bonds. The highest BCUT2D eigenvalue weighted by Crippen LogP contribution is 2.29. The van der Waals surface area contributed by atoms with Crippen LogP contribution in [0.3, 0.4) is 0 Å². The van der Waals surface area contributed by atoms with Crippen molar-refractivity contribution in [3.05, 3.63) is 35.4 Å². The van der Waals surface area contributed by atoms with Gasteiger partial charge in [0.1, 0.15) is 0 Å². The van der Waals surface area contributed by atoms with E-state index in [9.17, 15) is 9.90 Å². The van der Waals surface area contributed by atoms with Crippen LogP contribution in [0.4, 0.5) is 0 Å². The zero-order valence-corrected chi connectivity index (χ0v) is 12.6. The van der Waals surface area contributed by atoms with Gasteiger partial charge in [-0.3, -0.25) is 4.79 Å². The van der Waals surface area contributed by atoms with Crippen LogP contribution in [0.1, 0.15) is 38.0 Å². The number of carbonyl (C=O) groups is 1. The lowest BCUT2D eigenvalue weighted by molar-refractivity contribution is -0.154. The Balaban J connectivity index is 2.96. The summed E-state index contributed by atoms with van der Waals surface area (Å²) in [6.07, 6.45) is -0.870. The number of benzene rings is 1. The molecule has 4 nitrogen and oxygen atoms in total. The molecule has 2 atom stereocenters. The molecule has 0 heterocycles. The van der Waals surface area contributed by atoms with Gasteiger partial charge in [-0.1, -0.05) is 38.1 Å². The molecule has 0 aliphatic carbocycles. The Hall–Kier alpha value is -1.39. The molecule has 0 spiro atoms. The summed E-state index contributed by atoms with van der Waals surface area (Å²) >= 11 is 0. The first kappa shape index (κ1) is 16.7. The van der Waals surface area contributed by atoms with Gasteiger partial charge < -0.3 is 14.6 Å². The predicted molar refractivity (Wildman–Crippen MR) is 77.1 cm³/mol. The minimum absolute atomic E-state index is 0.00451. The van der Waals surface area contributed by atoms with Gasteiger partial charge in [0.25, 0.3) is 0 Å². The SMILES string of the molecule is CCOC(=O)C(C(C)C)C(O)c1cccc(COC)c1. The van der Waals surface area contributed by atoms with Gasteiger partial charge in [-0.25, -0.2) is 0 Å². The fourth-order valence-electron chi connectivity index (χ4n) is 2.25. The van der Waals surface area contributed by atoms with E-state index in [1.165, 1.54) is 0 Å². The molecule has 20 heavy (non-hydrogen) atoms. The van der Waals surface area contributed by atoms with E-state index in [1.807, 2.05) is 38.1 Å². The molecule has 0 aliphatic heterocycles. The van der Waals surface area contributed by atoms with E-state index < -0.39 is 12.0 Å². The molecule has 0 fully saturated rings. The van der Waals surface area contributed by atoms with E-state index in [1.54, 1.807) is 14.0 Å². The molecule has 0 aromatic heterocycles. The normalized spacial score (nSPS) is 14.1. The van der Waals surface area contributed by atoms with E-state index in [0.29, 0.717) is 18.8 Å². The molecule has 0 saturated carbocycles. The highest BCUT2D eigenvalue weighted by molar-refractivity contribution is 5.73. The molecule has 4 heteroatoms. The maximum atomic E-state index is 12.0. The van der Waals surface area contributed by atoms with E-state index in [4.69, 9.17) is 9.47 Å². The molecule has 1 aromatic carbocycles. The predicted octanol–water partition coefficient (Wildman–Crippen LogP) is 2.70. The summed E-state index contributed by atoms with van der Waals surface area (Å²) < 4.78 is 10.1. The van der Waals surface area contributed by atoms with Crippen LogP contribution >= 0.6 is 0 Å². The lowest BCUT2D eigenvalue weighted by Crippen LogP contribution is -2.29. The summed E-state index contributed by atoms with van der Waals surface area (Å²) in [6.45, 7) is 6.37. The van der Waals surface area contributed by atoms with Crippen molar-refractivity contribution < 1.29 is 19.4 Å². The molecule has 0 saturated heterocycles. The van der Waals surface area contributed by atoms with Gasteiger partial charge in [-0.2, -0.15) is 0 Å². The zero-order valence-electron chi connectivity index (χ0n) is 12.6. The lowest BCUT2D eigenvalue weighted by atomic mass is 9.86. The second-order valence-corrected chi connectivity index (χ2v) is 5.14. The number of rotatable bonds is 7. The average molecular weight is 280 g/mol. The first-order chi connectivity index (χ1) is 9.51. The molecule has 2 unspecified atom stereocenters. The number of methoxy groups -OCH3 is 1. The van der Waals surface area contributed by atoms with Crippen LogP contribution < -0.4 is 0 Å². The topological polar surface area (TPSA) is 55.8 Å². The second-order valence-electron chi connectivity index (χ2n) is 5.14. The number of aliphatic hydroxyl groups is 1. The highest BCUT2D eigenvalue weighted by atomic mass is 16.5.